The third-order valence-electron chi connectivity index (χ3n) is 5.38. The number of fused-ring (bicyclic) bond motifs is 3. The van der Waals surface area contributed by atoms with Gasteiger partial charge in [0.25, 0.3) is 5.56 Å². The summed E-state index contributed by atoms with van der Waals surface area (Å²) in [6.45, 7) is 3.78. The van der Waals surface area contributed by atoms with Crippen molar-refractivity contribution in [2.45, 2.75) is 45.6 Å². The van der Waals surface area contributed by atoms with Gasteiger partial charge in [-0.3, -0.25) is 9.36 Å². The van der Waals surface area contributed by atoms with Crippen molar-refractivity contribution in [1.82, 2.24) is 9.55 Å². The van der Waals surface area contributed by atoms with E-state index in [0.717, 1.165) is 35.2 Å². The molecule has 0 amide bonds. The molecule has 3 aromatic rings. The van der Waals surface area contributed by atoms with E-state index in [0.29, 0.717) is 23.5 Å². The molecule has 0 bridgehead atoms. The zero-order valence-electron chi connectivity index (χ0n) is 15.4. The molecule has 1 aliphatic carbocycles. The number of carboxylic acids is 1. The molecule has 140 valence electrons. The molecular weight excluding hydrogens is 360 g/mol. The smallest absolute Gasteiger partial charge is 0.326 e. The first-order valence-electron chi connectivity index (χ1n) is 9.28. The summed E-state index contributed by atoms with van der Waals surface area (Å²) in [5.74, 6) is 0.0973. The Kier molecular flexibility index (Phi) is 4.60. The van der Waals surface area contributed by atoms with Crippen molar-refractivity contribution >= 4 is 27.5 Å². The molecule has 2 heterocycles. The molecule has 2 unspecified atom stereocenters. The van der Waals surface area contributed by atoms with Crippen LogP contribution in [0.15, 0.2) is 35.1 Å². The lowest BCUT2D eigenvalue weighted by Crippen LogP contribution is -2.32. The fourth-order valence-corrected chi connectivity index (χ4v) is 5.25. The Bertz CT molecular complexity index is 1070. The van der Waals surface area contributed by atoms with E-state index in [9.17, 15) is 14.7 Å². The number of carbonyl (C=O) groups is 1. The van der Waals surface area contributed by atoms with E-state index < -0.39 is 12.0 Å². The third-order valence-corrected chi connectivity index (χ3v) is 6.53. The maximum Gasteiger partial charge on any atom is 0.326 e. The molecule has 0 aliphatic heterocycles. The van der Waals surface area contributed by atoms with Gasteiger partial charge in [-0.15, -0.1) is 11.3 Å². The Morgan fingerprint density at radius 2 is 2.11 bits per heavy atom. The highest BCUT2D eigenvalue weighted by atomic mass is 32.1. The van der Waals surface area contributed by atoms with Crippen LogP contribution in [0.2, 0.25) is 0 Å². The highest BCUT2D eigenvalue weighted by molar-refractivity contribution is 7.18. The predicted octanol–water partition coefficient (Wildman–Crippen LogP) is 3.82. The zero-order valence-corrected chi connectivity index (χ0v) is 16.3. The number of hydrogen-bond donors (Lipinski definition) is 1. The molecule has 27 heavy (non-hydrogen) atoms. The molecule has 2 atom stereocenters. The molecule has 2 aromatic heterocycles. The zero-order chi connectivity index (χ0) is 19.1. The highest BCUT2D eigenvalue weighted by Crippen LogP contribution is 2.36. The van der Waals surface area contributed by atoms with Crippen molar-refractivity contribution in [3.63, 3.8) is 0 Å². The van der Waals surface area contributed by atoms with Crippen molar-refractivity contribution in [1.29, 1.82) is 0 Å². The SMILES string of the molecule is CC1CCc2c(sc3nc(Cc4ccccc4)n(C(C)C(=O)O)c(=O)c23)C1. The van der Waals surface area contributed by atoms with Crippen LogP contribution in [0.5, 0.6) is 0 Å². The van der Waals surface area contributed by atoms with Crippen molar-refractivity contribution in [2.75, 3.05) is 0 Å². The van der Waals surface area contributed by atoms with Gasteiger partial charge in [-0.25, -0.2) is 9.78 Å². The van der Waals surface area contributed by atoms with Gasteiger partial charge in [0.2, 0.25) is 0 Å². The second-order valence-corrected chi connectivity index (χ2v) is 8.50. The maximum absolute atomic E-state index is 13.4. The summed E-state index contributed by atoms with van der Waals surface area (Å²) >= 11 is 1.60. The third kappa shape index (κ3) is 3.18. The second kappa shape index (κ2) is 6.93. The summed E-state index contributed by atoms with van der Waals surface area (Å²) in [5, 5.41) is 10.2. The van der Waals surface area contributed by atoms with Crippen LogP contribution in [-0.4, -0.2) is 20.6 Å². The standard InChI is InChI=1S/C21H22N2O3S/c1-12-8-9-15-16(10-12)27-19-18(15)20(24)23(13(2)21(25)26)17(22-19)11-14-6-4-3-5-7-14/h3-7,12-13H,8-11H2,1-2H3,(H,25,26). The monoisotopic (exact) mass is 382 g/mol. The first-order valence-corrected chi connectivity index (χ1v) is 10.1. The van der Waals surface area contributed by atoms with E-state index in [-0.39, 0.29) is 5.56 Å². The van der Waals surface area contributed by atoms with Gasteiger partial charge in [-0.2, -0.15) is 0 Å². The minimum absolute atomic E-state index is 0.215. The van der Waals surface area contributed by atoms with Crippen LogP contribution in [0.1, 0.15) is 48.1 Å². The Morgan fingerprint density at radius 3 is 2.81 bits per heavy atom. The van der Waals surface area contributed by atoms with Gasteiger partial charge in [0, 0.05) is 11.3 Å². The van der Waals surface area contributed by atoms with Gasteiger partial charge >= 0.3 is 5.97 Å². The number of carboxylic acid groups (broad SMARTS) is 1. The molecule has 0 fully saturated rings. The fourth-order valence-electron chi connectivity index (χ4n) is 3.86. The van der Waals surface area contributed by atoms with Crippen LogP contribution < -0.4 is 5.56 Å². The average molecular weight is 382 g/mol. The number of hydrogen-bond acceptors (Lipinski definition) is 4. The molecule has 1 aliphatic rings. The van der Waals surface area contributed by atoms with Gasteiger partial charge < -0.3 is 5.11 Å². The van der Waals surface area contributed by atoms with E-state index >= 15 is 0 Å². The number of aromatic nitrogens is 2. The molecule has 4 rings (SSSR count). The van der Waals surface area contributed by atoms with Crippen LogP contribution >= 0.6 is 11.3 Å². The Hall–Kier alpha value is -2.47. The van der Waals surface area contributed by atoms with Crippen molar-refractivity contribution in [3.8, 4) is 0 Å². The fraction of sp³-hybridized carbons (Fsp3) is 0.381. The van der Waals surface area contributed by atoms with Crippen molar-refractivity contribution < 1.29 is 9.90 Å². The van der Waals surface area contributed by atoms with Crippen LogP contribution in [0, 0.1) is 5.92 Å². The number of thiophene rings is 1. The molecule has 1 N–H and O–H groups in total. The van der Waals surface area contributed by atoms with E-state index in [1.54, 1.807) is 18.3 Å². The van der Waals surface area contributed by atoms with Gasteiger partial charge in [-0.1, -0.05) is 37.3 Å². The molecule has 0 radical (unpaired) electrons. The number of nitrogens with zero attached hydrogens (tertiary/aromatic N) is 2. The maximum atomic E-state index is 13.4. The van der Waals surface area contributed by atoms with Crippen LogP contribution in [0.4, 0.5) is 0 Å². The first kappa shape index (κ1) is 17.9. The summed E-state index contributed by atoms with van der Waals surface area (Å²) in [4.78, 5) is 31.8. The Labute approximate surface area is 161 Å². The summed E-state index contributed by atoms with van der Waals surface area (Å²) in [6, 6.07) is 8.78. The summed E-state index contributed by atoms with van der Waals surface area (Å²) in [6.07, 6.45) is 3.33. The Balaban J connectivity index is 1.94. The topological polar surface area (TPSA) is 72.2 Å². The first-order chi connectivity index (χ1) is 13.0. The van der Waals surface area contributed by atoms with E-state index in [1.807, 2.05) is 30.3 Å². The number of benzene rings is 1. The van der Waals surface area contributed by atoms with Gasteiger partial charge in [0.05, 0.1) is 5.39 Å². The predicted molar refractivity (Wildman–Crippen MR) is 107 cm³/mol. The minimum Gasteiger partial charge on any atom is -0.480 e. The molecule has 0 saturated heterocycles. The van der Waals surface area contributed by atoms with E-state index in [4.69, 9.17) is 4.98 Å². The van der Waals surface area contributed by atoms with Gasteiger partial charge in [0.1, 0.15) is 16.7 Å². The highest BCUT2D eigenvalue weighted by Gasteiger charge is 2.27. The lowest BCUT2D eigenvalue weighted by Gasteiger charge is -2.18. The Morgan fingerprint density at radius 1 is 1.37 bits per heavy atom. The normalized spacial score (nSPS) is 17.6. The quantitative estimate of drug-likeness (QED) is 0.745. The summed E-state index contributed by atoms with van der Waals surface area (Å²) in [7, 11) is 0. The number of rotatable bonds is 4. The van der Waals surface area contributed by atoms with Crippen LogP contribution in [0.3, 0.4) is 0 Å². The molecule has 0 spiro atoms. The molecule has 0 saturated carbocycles. The molecular formula is C21H22N2O3S. The van der Waals surface area contributed by atoms with Crippen molar-refractivity contribution in [3.05, 3.63) is 62.5 Å². The minimum atomic E-state index is -1.02. The number of aliphatic carboxylic acids is 1. The molecule has 6 heteroatoms. The van der Waals surface area contributed by atoms with E-state index in [2.05, 4.69) is 6.92 Å². The average Bonchev–Trinajstić information content (AvgIpc) is 2.99. The van der Waals surface area contributed by atoms with Gasteiger partial charge in [0.15, 0.2) is 0 Å². The summed E-state index contributed by atoms with van der Waals surface area (Å²) in [5.41, 5.74) is 1.88. The number of aryl methyl sites for hydroxylation is 1. The second-order valence-electron chi connectivity index (χ2n) is 7.41. The largest absolute Gasteiger partial charge is 0.480 e. The lowest BCUT2D eigenvalue weighted by atomic mass is 9.89. The van der Waals surface area contributed by atoms with Crippen LogP contribution in [0.25, 0.3) is 10.2 Å². The lowest BCUT2D eigenvalue weighted by molar-refractivity contribution is -0.140. The molecule has 5 nitrogen and oxygen atoms in total. The summed E-state index contributed by atoms with van der Waals surface area (Å²) < 4.78 is 1.38. The van der Waals surface area contributed by atoms with Crippen LogP contribution in [-0.2, 0) is 24.1 Å². The molecule has 1 aromatic carbocycles. The van der Waals surface area contributed by atoms with Crippen molar-refractivity contribution in [2.24, 2.45) is 5.92 Å². The van der Waals surface area contributed by atoms with Gasteiger partial charge in [-0.05, 0) is 43.2 Å². The van der Waals surface area contributed by atoms with E-state index in [1.165, 1.54) is 9.44 Å².